The molecule has 2 nitrogen and oxygen atoms in total. The Labute approximate surface area is 118 Å². The number of benzene rings is 2. The number of hydrogen-bond acceptors (Lipinski definition) is 1. The third-order valence-corrected chi connectivity index (χ3v) is 3.56. The van der Waals surface area contributed by atoms with E-state index in [4.69, 9.17) is 0 Å². The van der Waals surface area contributed by atoms with Gasteiger partial charge in [0.1, 0.15) is 11.5 Å². The minimum atomic E-state index is -0.288. The highest BCUT2D eigenvalue weighted by Gasteiger charge is 2.08. The molecule has 0 saturated carbocycles. The van der Waals surface area contributed by atoms with E-state index in [9.17, 15) is 4.39 Å². The van der Waals surface area contributed by atoms with Crippen molar-refractivity contribution in [3.8, 4) is 16.8 Å². The van der Waals surface area contributed by atoms with Gasteiger partial charge in [-0.05, 0) is 23.8 Å². The van der Waals surface area contributed by atoms with Gasteiger partial charge in [0, 0.05) is 16.2 Å². The van der Waals surface area contributed by atoms with Gasteiger partial charge in [0.05, 0.1) is 6.20 Å². The molecule has 0 fully saturated rings. The van der Waals surface area contributed by atoms with E-state index in [1.54, 1.807) is 29.1 Å². The maximum absolute atomic E-state index is 13.7. The van der Waals surface area contributed by atoms with Crippen LogP contribution in [0.1, 0.15) is 0 Å². The second-order valence-electron chi connectivity index (χ2n) is 4.10. The van der Waals surface area contributed by atoms with Crippen LogP contribution in [0.2, 0.25) is 0 Å². The fourth-order valence-electron chi connectivity index (χ4n) is 1.93. The van der Waals surface area contributed by atoms with Crippen LogP contribution in [-0.2, 0) is 0 Å². The maximum Gasteiger partial charge on any atom is 0.148 e. The summed E-state index contributed by atoms with van der Waals surface area (Å²) in [5.41, 5.74) is 2.42. The van der Waals surface area contributed by atoms with Crippen molar-refractivity contribution < 1.29 is 4.39 Å². The van der Waals surface area contributed by atoms with Crippen LogP contribution >= 0.6 is 15.9 Å². The van der Waals surface area contributed by atoms with E-state index in [2.05, 4.69) is 21.0 Å². The van der Waals surface area contributed by atoms with E-state index in [-0.39, 0.29) is 5.82 Å². The Morgan fingerprint density at radius 3 is 2.53 bits per heavy atom. The average Bonchev–Trinajstić information content (AvgIpc) is 2.89. The quantitative estimate of drug-likeness (QED) is 0.683. The first-order valence-electron chi connectivity index (χ1n) is 5.80. The molecular weight excluding hydrogens is 307 g/mol. The van der Waals surface area contributed by atoms with Crippen LogP contribution in [0.25, 0.3) is 16.8 Å². The second kappa shape index (κ2) is 4.97. The van der Waals surface area contributed by atoms with Crippen LogP contribution in [0.3, 0.4) is 0 Å². The second-order valence-corrected chi connectivity index (χ2v) is 4.96. The van der Waals surface area contributed by atoms with Gasteiger partial charge in [0.25, 0.3) is 0 Å². The van der Waals surface area contributed by atoms with Crippen LogP contribution in [-0.4, -0.2) is 9.78 Å². The summed E-state index contributed by atoms with van der Waals surface area (Å²) in [4.78, 5) is 0. The molecule has 0 N–H and O–H groups in total. The molecule has 94 valence electrons. The minimum Gasteiger partial charge on any atom is -0.237 e. The Bertz CT molecular complexity index is 661. The molecule has 0 aliphatic rings. The van der Waals surface area contributed by atoms with Crippen molar-refractivity contribution in [3.63, 3.8) is 0 Å². The molecule has 0 spiro atoms. The lowest BCUT2D eigenvalue weighted by atomic mass is 10.1. The van der Waals surface area contributed by atoms with E-state index in [0.29, 0.717) is 5.69 Å². The molecule has 19 heavy (non-hydrogen) atoms. The van der Waals surface area contributed by atoms with Gasteiger partial charge in [0.15, 0.2) is 0 Å². The van der Waals surface area contributed by atoms with E-state index in [0.717, 1.165) is 15.6 Å². The molecule has 0 radical (unpaired) electrons. The Hall–Kier alpha value is -1.94. The zero-order chi connectivity index (χ0) is 13.2. The summed E-state index contributed by atoms with van der Waals surface area (Å²) in [6.07, 6.45) is 3.55. The third kappa shape index (κ3) is 2.31. The highest BCUT2D eigenvalue weighted by molar-refractivity contribution is 9.10. The third-order valence-electron chi connectivity index (χ3n) is 2.87. The van der Waals surface area contributed by atoms with Crippen molar-refractivity contribution in [1.29, 1.82) is 0 Å². The SMILES string of the molecule is Fc1ccccc1-n1cc(-c2ccccc2Br)cn1. The Morgan fingerprint density at radius 1 is 1.00 bits per heavy atom. The van der Waals surface area contributed by atoms with Crippen LogP contribution < -0.4 is 0 Å². The summed E-state index contributed by atoms with van der Waals surface area (Å²) < 4.78 is 16.2. The van der Waals surface area contributed by atoms with Gasteiger partial charge >= 0.3 is 0 Å². The van der Waals surface area contributed by atoms with Crippen LogP contribution in [0.15, 0.2) is 65.4 Å². The number of para-hydroxylation sites is 1. The van der Waals surface area contributed by atoms with Gasteiger partial charge in [0.2, 0.25) is 0 Å². The molecule has 1 aromatic heterocycles. The molecule has 3 aromatic rings. The van der Waals surface area contributed by atoms with Crippen molar-refractivity contribution in [2.45, 2.75) is 0 Å². The molecular formula is C15H10BrFN2. The predicted octanol–water partition coefficient (Wildman–Crippen LogP) is 4.44. The normalized spacial score (nSPS) is 10.6. The molecule has 0 aliphatic carbocycles. The lowest BCUT2D eigenvalue weighted by molar-refractivity contribution is 0.611. The standard InChI is InChI=1S/C15H10BrFN2/c16-13-6-2-1-5-12(13)11-9-18-19(10-11)15-8-4-3-7-14(15)17/h1-10H. The van der Waals surface area contributed by atoms with E-state index >= 15 is 0 Å². The molecule has 1 heterocycles. The van der Waals surface area contributed by atoms with Gasteiger partial charge in [-0.3, -0.25) is 0 Å². The first-order valence-corrected chi connectivity index (χ1v) is 6.59. The average molecular weight is 317 g/mol. The lowest BCUT2D eigenvalue weighted by Crippen LogP contribution is -1.96. The molecule has 3 rings (SSSR count). The highest BCUT2D eigenvalue weighted by Crippen LogP contribution is 2.28. The molecule has 0 unspecified atom stereocenters. The predicted molar refractivity (Wildman–Crippen MR) is 76.7 cm³/mol. The van der Waals surface area contributed by atoms with Gasteiger partial charge in [-0.15, -0.1) is 0 Å². The molecule has 0 saturated heterocycles. The van der Waals surface area contributed by atoms with Gasteiger partial charge in [-0.1, -0.05) is 46.3 Å². The number of aromatic nitrogens is 2. The summed E-state index contributed by atoms with van der Waals surface area (Å²) in [7, 11) is 0. The highest BCUT2D eigenvalue weighted by atomic mass is 79.9. The van der Waals surface area contributed by atoms with Gasteiger partial charge in [-0.25, -0.2) is 9.07 Å². The van der Waals surface area contributed by atoms with Crippen molar-refractivity contribution in [1.82, 2.24) is 9.78 Å². The minimum absolute atomic E-state index is 0.288. The fourth-order valence-corrected chi connectivity index (χ4v) is 2.44. The number of halogens is 2. The molecule has 2 aromatic carbocycles. The summed E-state index contributed by atoms with van der Waals surface area (Å²) in [6, 6.07) is 14.5. The summed E-state index contributed by atoms with van der Waals surface area (Å²) in [6.45, 7) is 0. The first kappa shape index (κ1) is 12.1. The number of rotatable bonds is 2. The van der Waals surface area contributed by atoms with E-state index in [1.165, 1.54) is 6.07 Å². The summed E-state index contributed by atoms with van der Waals surface area (Å²) >= 11 is 3.50. The monoisotopic (exact) mass is 316 g/mol. The number of nitrogens with zero attached hydrogens (tertiary/aromatic N) is 2. The Morgan fingerprint density at radius 2 is 1.74 bits per heavy atom. The summed E-state index contributed by atoms with van der Waals surface area (Å²) in [5, 5.41) is 4.22. The lowest BCUT2D eigenvalue weighted by Gasteiger charge is -2.02. The van der Waals surface area contributed by atoms with Gasteiger partial charge in [-0.2, -0.15) is 5.10 Å². The zero-order valence-corrected chi connectivity index (χ0v) is 11.5. The van der Waals surface area contributed by atoms with Crippen molar-refractivity contribution in [3.05, 3.63) is 71.2 Å². The molecule has 0 amide bonds. The Kier molecular flexibility index (Phi) is 3.17. The fraction of sp³-hybridized carbons (Fsp3) is 0. The van der Waals surface area contributed by atoms with Crippen LogP contribution in [0.5, 0.6) is 0 Å². The molecule has 0 aliphatic heterocycles. The molecule has 4 heteroatoms. The maximum atomic E-state index is 13.7. The van der Waals surface area contributed by atoms with E-state index < -0.39 is 0 Å². The van der Waals surface area contributed by atoms with Gasteiger partial charge < -0.3 is 0 Å². The van der Waals surface area contributed by atoms with E-state index in [1.807, 2.05) is 30.5 Å². The topological polar surface area (TPSA) is 17.8 Å². The van der Waals surface area contributed by atoms with Crippen LogP contribution in [0, 0.1) is 5.82 Å². The Balaban J connectivity index is 2.06. The zero-order valence-electron chi connectivity index (χ0n) is 9.92. The number of hydrogen-bond donors (Lipinski definition) is 0. The van der Waals surface area contributed by atoms with Crippen molar-refractivity contribution >= 4 is 15.9 Å². The van der Waals surface area contributed by atoms with Crippen LogP contribution in [0.4, 0.5) is 4.39 Å². The smallest absolute Gasteiger partial charge is 0.148 e. The van der Waals surface area contributed by atoms with Crippen molar-refractivity contribution in [2.24, 2.45) is 0 Å². The molecule has 0 bridgehead atoms. The largest absolute Gasteiger partial charge is 0.237 e. The summed E-state index contributed by atoms with van der Waals surface area (Å²) in [5.74, 6) is -0.288. The molecule has 0 atom stereocenters. The van der Waals surface area contributed by atoms with Crippen molar-refractivity contribution in [2.75, 3.05) is 0 Å². The first-order chi connectivity index (χ1) is 9.25.